The van der Waals surface area contributed by atoms with Gasteiger partial charge in [-0.3, -0.25) is 4.68 Å². The molecule has 1 saturated heterocycles. The fourth-order valence-electron chi connectivity index (χ4n) is 2.30. The van der Waals surface area contributed by atoms with E-state index in [1.807, 2.05) is 30.4 Å². The smallest absolute Gasteiger partial charge is 0.110 e. The fraction of sp³-hybridized carbons (Fsp3) is 0.750. The van der Waals surface area contributed by atoms with Crippen LogP contribution in [0.25, 0.3) is 0 Å². The third-order valence-corrected chi connectivity index (χ3v) is 6.85. The minimum absolute atomic E-state index is 0.216. The fourth-order valence-corrected chi connectivity index (χ4v) is 5.67. The summed E-state index contributed by atoms with van der Waals surface area (Å²) in [5, 5.41) is 16.1. The normalized spacial score (nSPS) is 26.2. The molecule has 0 aliphatic carbocycles. The van der Waals surface area contributed by atoms with Crippen molar-refractivity contribution < 1.29 is 5.11 Å². The highest BCUT2D eigenvalue weighted by Crippen LogP contribution is 2.41. The van der Waals surface area contributed by atoms with Crippen LogP contribution in [0.1, 0.15) is 32.1 Å². The van der Waals surface area contributed by atoms with Gasteiger partial charge in [-0.15, -0.1) is 0 Å². The van der Waals surface area contributed by atoms with Gasteiger partial charge in [0.15, 0.2) is 0 Å². The summed E-state index contributed by atoms with van der Waals surface area (Å²) in [6, 6.07) is 0. The van der Waals surface area contributed by atoms with Crippen LogP contribution in [-0.4, -0.2) is 36.9 Å². The Morgan fingerprint density at radius 1 is 1.50 bits per heavy atom. The van der Waals surface area contributed by atoms with Crippen molar-refractivity contribution in [1.82, 2.24) is 9.78 Å². The van der Waals surface area contributed by atoms with Crippen LogP contribution in [0.15, 0.2) is 6.20 Å². The summed E-state index contributed by atoms with van der Waals surface area (Å²) < 4.78 is 1.81. The maximum atomic E-state index is 10.6. The molecular weight excluding hydrogens is 288 g/mol. The minimum atomic E-state index is -0.525. The first kappa shape index (κ1) is 14.6. The number of nitrogens with zero attached hydrogens (tertiary/aromatic N) is 2. The van der Waals surface area contributed by atoms with Crippen LogP contribution in [0.3, 0.4) is 0 Å². The SMILES string of the molecule is CCC1SCCSC1C(O)c1c(Cl)cnn1CC. The third-order valence-electron chi connectivity index (χ3n) is 3.22. The molecule has 3 nitrogen and oxygen atoms in total. The van der Waals surface area contributed by atoms with Gasteiger partial charge in [-0.2, -0.15) is 28.6 Å². The van der Waals surface area contributed by atoms with Crippen LogP contribution in [0.5, 0.6) is 0 Å². The maximum absolute atomic E-state index is 10.6. The van der Waals surface area contributed by atoms with Crippen molar-refractivity contribution in [2.75, 3.05) is 11.5 Å². The van der Waals surface area contributed by atoms with Crippen molar-refractivity contribution in [2.45, 2.75) is 43.4 Å². The molecule has 3 atom stereocenters. The Labute approximate surface area is 122 Å². The number of aliphatic hydroxyl groups is 1. The zero-order valence-electron chi connectivity index (χ0n) is 10.7. The molecule has 18 heavy (non-hydrogen) atoms. The van der Waals surface area contributed by atoms with E-state index >= 15 is 0 Å². The second-order valence-electron chi connectivity index (χ2n) is 4.29. The Kier molecular flexibility index (Phi) is 5.30. The van der Waals surface area contributed by atoms with Crippen LogP contribution in [0.2, 0.25) is 5.02 Å². The van der Waals surface area contributed by atoms with E-state index in [9.17, 15) is 5.11 Å². The van der Waals surface area contributed by atoms with Crippen LogP contribution in [-0.2, 0) is 6.54 Å². The van der Waals surface area contributed by atoms with Crippen molar-refractivity contribution in [2.24, 2.45) is 0 Å². The van der Waals surface area contributed by atoms with E-state index in [2.05, 4.69) is 12.0 Å². The number of thioether (sulfide) groups is 2. The van der Waals surface area contributed by atoms with Crippen molar-refractivity contribution in [3.05, 3.63) is 16.9 Å². The van der Waals surface area contributed by atoms with Crippen molar-refractivity contribution in [3.63, 3.8) is 0 Å². The molecule has 1 aliphatic rings. The van der Waals surface area contributed by atoms with E-state index in [1.54, 1.807) is 10.9 Å². The predicted molar refractivity (Wildman–Crippen MR) is 80.7 cm³/mol. The van der Waals surface area contributed by atoms with Gasteiger partial charge in [-0.1, -0.05) is 18.5 Å². The monoisotopic (exact) mass is 306 g/mol. The topological polar surface area (TPSA) is 38.1 Å². The molecule has 0 spiro atoms. The Hall–Kier alpha value is 0.160. The Morgan fingerprint density at radius 2 is 2.22 bits per heavy atom. The summed E-state index contributed by atoms with van der Waals surface area (Å²) in [7, 11) is 0. The van der Waals surface area contributed by atoms with Crippen LogP contribution < -0.4 is 0 Å². The lowest BCUT2D eigenvalue weighted by atomic mass is 10.1. The predicted octanol–water partition coefficient (Wildman–Crippen LogP) is 3.22. The Balaban J connectivity index is 2.23. The molecule has 0 saturated carbocycles. The van der Waals surface area contributed by atoms with E-state index in [1.165, 1.54) is 5.75 Å². The lowest BCUT2D eigenvalue weighted by Gasteiger charge is -2.33. The summed E-state index contributed by atoms with van der Waals surface area (Å²) >= 11 is 9.99. The van der Waals surface area contributed by atoms with Crippen molar-refractivity contribution in [3.8, 4) is 0 Å². The average molecular weight is 307 g/mol. The first-order valence-electron chi connectivity index (χ1n) is 6.31. The summed E-state index contributed by atoms with van der Waals surface area (Å²) in [5.74, 6) is 2.27. The van der Waals surface area contributed by atoms with E-state index in [4.69, 9.17) is 11.6 Å². The zero-order valence-corrected chi connectivity index (χ0v) is 13.1. The molecule has 1 N–H and O–H groups in total. The van der Waals surface area contributed by atoms with Gasteiger partial charge in [-0.05, 0) is 13.3 Å². The molecule has 0 aromatic carbocycles. The molecule has 0 amide bonds. The molecule has 6 heteroatoms. The zero-order chi connectivity index (χ0) is 13.1. The summed E-state index contributed by atoms with van der Waals surface area (Å²) in [5.41, 5.74) is 0.776. The highest BCUT2D eigenvalue weighted by atomic mass is 35.5. The van der Waals surface area contributed by atoms with Gasteiger partial charge >= 0.3 is 0 Å². The molecule has 0 bridgehead atoms. The number of hydrogen-bond acceptors (Lipinski definition) is 4. The second kappa shape index (κ2) is 6.55. The first-order valence-corrected chi connectivity index (χ1v) is 8.79. The number of aryl methyl sites for hydroxylation is 1. The maximum Gasteiger partial charge on any atom is 0.110 e. The van der Waals surface area contributed by atoms with E-state index < -0.39 is 6.10 Å². The van der Waals surface area contributed by atoms with Gasteiger partial charge in [0.2, 0.25) is 0 Å². The van der Waals surface area contributed by atoms with Gasteiger partial charge < -0.3 is 5.11 Å². The van der Waals surface area contributed by atoms with Crippen LogP contribution in [0.4, 0.5) is 0 Å². The molecule has 1 aliphatic heterocycles. The lowest BCUT2D eigenvalue weighted by molar-refractivity contribution is 0.161. The number of aliphatic hydroxyl groups excluding tert-OH is 1. The van der Waals surface area contributed by atoms with E-state index in [0.717, 1.165) is 24.4 Å². The summed E-state index contributed by atoms with van der Waals surface area (Å²) in [6.45, 7) is 4.93. The summed E-state index contributed by atoms with van der Waals surface area (Å²) in [6.07, 6.45) is 2.19. The highest BCUT2D eigenvalue weighted by Gasteiger charge is 2.34. The van der Waals surface area contributed by atoms with Gasteiger partial charge in [0.05, 0.1) is 16.9 Å². The number of hydrogen-bond donors (Lipinski definition) is 1. The van der Waals surface area contributed by atoms with Crippen molar-refractivity contribution >= 4 is 35.1 Å². The Bertz CT molecular complexity index is 399. The van der Waals surface area contributed by atoms with Gasteiger partial charge in [0, 0.05) is 28.6 Å². The van der Waals surface area contributed by atoms with Crippen LogP contribution in [0, 0.1) is 0 Å². The molecule has 3 unspecified atom stereocenters. The van der Waals surface area contributed by atoms with Gasteiger partial charge in [-0.25, -0.2) is 0 Å². The molecule has 0 radical (unpaired) electrons. The third kappa shape index (κ3) is 2.84. The molecule has 102 valence electrons. The standard InChI is InChI=1S/C12H19ClN2OS2/c1-3-9-12(18-6-5-17-9)11(16)10-8(13)7-14-15(10)4-2/h7,9,11-12,16H,3-6H2,1-2H3. The minimum Gasteiger partial charge on any atom is -0.386 e. The van der Waals surface area contributed by atoms with Gasteiger partial charge in [0.25, 0.3) is 0 Å². The molecule has 1 aromatic rings. The molecule has 2 heterocycles. The Morgan fingerprint density at radius 3 is 2.89 bits per heavy atom. The molecular formula is C12H19ClN2OS2. The second-order valence-corrected chi connectivity index (χ2v) is 7.33. The number of rotatable bonds is 4. The van der Waals surface area contributed by atoms with E-state index in [0.29, 0.717) is 10.3 Å². The first-order chi connectivity index (χ1) is 8.69. The van der Waals surface area contributed by atoms with Gasteiger partial charge in [0.1, 0.15) is 6.10 Å². The molecule has 2 rings (SSSR count). The molecule has 1 fully saturated rings. The average Bonchev–Trinajstić information content (AvgIpc) is 2.79. The van der Waals surface area contributed by atoms with E-state index in [-0.39, 0.29) is 5.25 Å². The largest absolute Gasteiger partial charge is 0.386 e. The van der Waals surface area contributed by atoms with Crippen LogP contribution >= 0.6 is 35.1 Å². The number of halogens is 1. The quantitative estimate of drug-likeness (QED) is 0.927. The molecule has 1 aromatic heterocycles. The summed E-state index contributed by atoms with van der Waals surface area (Å²) in [4.78, 5) is 0. The van der Waals surface area contributed by atoms with Crippen molar-refractivity contribution in [1.29, 1.82) is 0 Å². The highest BCUT2D eigenvalue weighted by molar-refractivity contribution is 8.07. The lowest BCUT2D eigenvalue weighted by Crippen LogP contribution is -2.32. The number of aromatic nitrogens is 2.